The third kappa shape index (κ3) is 27.7. The summed E-state index contributed by atoms with van der Waals surface area (Å²) < 4.78 is 20.9. The van der Waals surface area contributed by atoms with E-state index in [9.17, 15) is 14.4 Å². The van der Waals surface area contributed by atoms with Crippen molar-refractivity contribution in [2.75, 3.05) is 50.1 Å². The highest BCUT2D eigenvalue weighted by molar-refractivity contribution is 6.36. The molecule has 0 saturated carbocycles. The minimum Gasteiger partial charge on any atom is -0.497 e. The first kappa shape index (κ1) is 81.1. The largest absolute Gasteiger partial charge is 0.497 e. The molecule has 3 atom stereocenters. The average Bonchev–Trinajstić information content (AvgIpc) is 0.864. The van der Waals surface area contributed by atoms with E-state index in [1.165, 1.54) is 12.6 Å². The monoisotopic (exact) mass is 1420 g/mol. The van der Waals surface area contributed by atoms with Gasteiger partial charge in [-0.1, -0.05) is 112 Å². The summed E-state index contributed by atoms with van der Waals surface area (Å²) in [6.07, 6.45) is 17.9. The molecule has 0 aliphatic rings. The van der Waals surface area contributed by atoms with E-state index in [1.807, 2.05) is 43.3 Å². The fourth-order valence-corrected chi connectivity index (χ4v) is 10.6. The topological polar surface area (TPSA) is 318 Å². The average molecular weight is 1420 g/mol. The number of pyridine rings is 3. The molecule has 0 radical (unpaired) electrons. The van der Waals surface area contributed by atoms with Crippen molar-refractivity contribution in [1.29, 1.82) is 0 Å². The van der Waals surface area contributed by atoms with Crippen LogP contribution in [0, 0.1) is 0 Å². The van der Waals surface area contributed by atoms with Crippen LogP contribution in [0.4, 0.5) is 23.5 Å². The third-order valence-corrected chi connectivity index (χ3v) is 16.4. The molecule has 2 aromatic carbocycles. The van der Waals surface area contributed by atoms with Crippen molar-refractivity contribution in [3.8, 4) is 23.0 Å². The fraction of sp³-hybridized carbons (Fsp3) is 0.478. The van der Waals surface area contributed by atoms with Gasteiger partial charge in [0.2, 0.25) is 17.2 Å². The van der Waals surface area contributed by atoms with Gasteiger partial charge in [-0.3, -0.25) is 0 Å². The van der Waals surface area contributed by atoms with Crippen LogP contribution in [0.2, 0.25) is 25.5 Å². The highest BCUT2D eigenvalue weighted by Crippen LogP contribution is 2.33. The first-order valence-corrected chi connectivity index (χ1v) is 33.7. The second-order valence-corrected chi connectivity index (χ2v) is 26.0. The summed E-state index contributed by atoms with van der Waals surface area (Å²) in [6, 6.07) is 16.4. The van der Waals surface area contributed by atoms with Crippen LogP contribution >= 0.6 is 58.0 Å². The number of ether oxygens (including phenoxy) is 4. The van der Waals surface area contributed by atoms with Crippen LogP contribution < -0.4 is 52.1 Å². The molecule has 0 spiro atoms. The number of nitrogens with one attached hydrogen (secondary N) is 3. The molecule has 9 N–H and O–H groups in total. The van der Waals surface area contributed by atoms with E-state index in [-0.39, 0.29) is 50.4 Å². The van der Waals surface area contributed by atoms with Crippen LogP contribution in [0.1, 0.15) is 170 Å². The zero-order valence-electron chi connectivity index (χ0n) is 57.5. The molecule has 0 aliphatic carbocycles. The number of carbonyl (C=O) groups excluding carboxylic acids is 3. The van der Waals surface area contributed by atoms with Crippen LogP contribution in [-0.4, -0.2) is 107 Å². The number of methoxy groups -OCH3 is 4. The first-order valence-electron chi connectivity index (χ1n) is 31.8. The molecule has 22 nitrogen and oxygen atoms in total. The molecule has 0 fully saturated rings. The molecule has 96 heavy (non-hydrogen) atoms. The molecular weight excluding hydrogens is 1330 g/mol. The number of Topliss-reactive ketones (excluding diaryl/α,β-unsaturated/α-hetero) is 3. The second-order valence-electron chi connectivity index (χ2n) is 24.0. The van der Waals surface area contributed by atoms with Gasteiger partial charge < -0.3 is 66.5 Å². The van der Waals surface area contributed by atoms with Gasteiger partial charge in [0, 0.05) is 90.8 Å². The Kier molecular flexibility index (Phi) is 34.2. The summed E-state index contributed by atoms with van der Waals surface area (Å²) in [6.45, 7) is 18.5. The van der Waals surface area contributed by atoms with E-state index in [0.29, 0.717) is 110 Å². The summed E-state index contributed by atoms with van der Waals surface area (Å²) in [7, 11) is 6.48. The predicted molar refractivity (Wildman–Crippen MR) is 391 cm³/mol. The second kappa shape index (κ2) is 40.4. The Morgan fingerprint density at radius 3 is 1.40 bits per heavy atom. The molecule has 522 valence electrons. The molecule has 0 bridgehead atoms. The van der Waals surface area contributed by atoms with Gasteiger partial charge in [0.05, 0.1) is 60.1 Å². The summed E-state index contributed by atoms with van der Waals surface area (Å²) in [4.78, 5) is 72.2. The molecule has 8 aromatic rings. The number of nitrogen functional groups attached to an aromatic ring is 1. The number of benzene rings is 2. The van der Waals surface area contributed by atoms with E-state index in [2.05, 4.69) is 90.4 Å². The summed E-state index contributed by atoms with van der Waals surface area (Å²) >= 11 is 29.3. The van der Waals surface area contributed by atoms with Gasteiger partial charge in [0.25, 0.3) is 0 Å². The first-order chi connectivity index (χ1) is 45.5. The van der Waals surface area contributed by atoms with Gasteiger partial charge in [-0.05, 0) is 128 Å². The molecule has 0 amide bonds. The van der Waals surface area contributed by atoms with Gasteiger partial charge in [-0.25, -0.2) is 34.9 Å². The minimum absolute atomic E-state index is 0.0848. The summed E-state index contributed by atoms with van der Waals surface area (Å²) in [5, 5.41) is 12.1. The van der Waals surface area contributed by atoms with Gasteiger partial charge in [-0.15, -0.1) is 0 Å². The van der Waals surface area contributed by atoms with Crippen LogP contribution in [0.5, 0.6) is 23.0 Å². The van der Waals surface area contributed by atoms with Gasteiger partial charge in [0.1, 0.15) is 56.9 Å². The normalized spacial score (nSPS) is 12.7. The Bertz CT molecular complexity index is 3810. The van der Waals surface area contributed by atoms with Crippen LogP contribution in [0.15, 0.2) is 73.2 Å². The van der Waals surface area contributed by atoms with Crippen LogP contribution in [0.25, 0.3) is 33.1 Å². The lowest BCUT2D eigenvalue weighted by Gasteiger charge is -2.32. The lowest BCUT2D eigenvalue weighted by Crippen LogP contribution is -2.36. The van der Waals surface area contributed by atoms with E-state index in [1.54, 1.807) is 79.8 Å². The molecule has 27 heteroatoms. The SMILES string of the molecule is CCCC[C@@](C)(N)CCC(C)=O.CCCC[C@](C)(CCC(C)=O)Nc1nc(N)nc2cc(Cl)cnc12.CCCC[C@](C)(CCC(C)=O)Nc1nc(NCc2ccc(OC)cc2OC)nc2cc(Cl)cnc12.COc1ccc(CN)c(OC)c1.Clc1cnc2c(Cl)nc(Cl)nc2c1. The number of carbonyl (C=O) groups is 3. The van der Waals surface area contributed by atoms with Crippen molar-refractivity contribution in [1.82, 2.24) is 44.9 Å². The van der Waals surface area contributed by atoms with Gasteiger partial charge in [0.15, 0.2) is 16.8 Å². The molecular formula is C69H94Cl5N15O7. The number of nitrogens with two attached hydrogens (primary N) is 3. The van der Waals surface area contributed by atoms with E-state index in [0.717, 1.165) is 92.6 Å². The van der Waals surface area contributed by atoms with Gasteiger partial charge >= 0.3 is 0 Å². The fourth-order valence-electron chi connectivity index (χ4n) is 9.66. The smallest absolute Gasteiger partial charge is 0.225 e. The number of hydrogen-bond acceptors (Lipinski definition) is 22. The molecule has 0 saturated heterocycles. The van der Waals surface area contributed by atoms with Crippen molar-refractivity contribution >= 4 is 132 Å². The Morgan fingerprint density at radius 1 is 0.510 bits per heavy atom. The van der Waals surface area contributed by atoms with Crippen molar-refractivity contribution < 1.29 is 33.3 Å². The quantitative estimate of drug-likeness (QED) is 0.0180. The number of rotatable bonds is 30. The van der Waals surface area contributed by atoms with Crippen molar-refractivity contribution in [3.05, 3.63) is 110 Å². The number of fused-ring (bicyclic) bond motifs is 3. The molecule has 0 aliphatic heterocycles. The van der Waals surface area contributed by atoms with E-state index >= 15 is 0 Å². The highest BCUT2D eigenvalue weighted by atomic mass is 35.5. The number of aromatic nitrogens is 9. The Balaban J connectivity index is 0.000000276. The number of hydrogen-bond donors (Lipinski definition) is 6. The summed E-state index contributed by atoms with van der Waals surface area (Å²) in [5.74, 6) is 5.36. The van der Waals surface area contributed by atoms with Crippen molar-refractivity contribution in [2.24, 2.45) is 11.5 Å². The maximum atomic E-state index is 11.7. The number of ketones is 3. The Hall–Kier alpha value is -7.31. The lowest BCUT2D eigenvalue weighted by atomic mass is 9.89. The zero-order chi connectivity index (χ0) is 71.2. The molecule has 0 unspecified atom stereocenters. The highest BCUT2D eigenvalue weighted by Gasteiger charge is 2.28. The van der Waals surface area contributed by atoms with Crippen molar-refractivity contribution in [2.45, 2.75) is 188 Å². The van der Waals surface area contributed by atoms with E-state index in [4.69, 9.17) is 99.1 Å². The minimum atomic E-state index is -0.319. The molecule has 6 heterocycles. The maximum absolute atomic E-state index is 11.7. The van der Waals surface area contributed by atoms with E-state index < -0.39 is 0 Å². The maximum Gasteiger partial charge on any atom is 0.225 e. The molecule has 8 rings (SSSR count). The number of anilines is 4. The number of unbranched alkanes of at least 4 members (excludes halogenated alkanes) is 3. The zero-order valence-corrected chi connectivity index (χ0v) is 61.2. The van der Waals surface area contributed by atoms with Crippen molar-refractivity contribution in [3.63, 3.8) is 0 Å². The standard InChI is InChI=1S/C26H34ClN5O3.C17H24ClN5O.C10H21NO.C9H13NO2.C7H2Cl3N3/c1-6-7-11-26(3,12-10-17(2)33)32-24-23-21(13-19(27)16-28-23)30-25(31-24)29-15-18-8-9-20(34-4)14-22(18)35-5;1-4-5-7-17(3,8-6-11(2)24)23-15-14-13(21-16(19)22-15)9-12(18)10-20-14;1-4-5-7-10(3,11)8-6-9(2)12;1-11-8-4-3-7(6-10)9(5-8)12-2;8-3-1-4-5(11-2-3)6(9)13-7(10)12-4/h8-9,13-14,16H,6-7,10-12,15H2,1-5H3,(H2,29,30,31,32);9-10H,4-8H2,1-3H3,(H3,19,21,22,23);4-8,11H2,1-3H3;3-5H,6,10H2,1-2H3;1-2H/t26-;17-;10-;;/m111../s1. The third-order valence-electron chi connectivity index (χ3n) is 15.3. The summed E-state index contributed by atoms with van der Waals surface area (Å²) in [5.41, 5.74) is 22.0. The Labute approximate surface area is 589 Å². The molecule has 6 aromatic heterocycles. The number of nitrogens with zero attached hydrogens (tertiary/aromatic N) is 9. The van der Waals surface area contributed by atoms with Gasteiger partial charge in [-0.2, -0.15) is 9.97 Å². The van der Waals surface area contributed by atoms with Crippen LogP contribution in [0.3, 0.4) is 0 Å². The lowest BCUT2D eigenvalue weighted by molar-refractivity contribution is -0.118. The predicted octanol–water partition coefficient (Wildman–Crippen LogP) is 16.4. The Morgan fingerprint density at radius 2 is 0.938 bits per heavy atom. The number of halogens is 5. The van der Waals surface area contributed by atoms with Crippen LogP contribution in [-0.2, 0) is 27.5 Å².